The first kappa shape index (κ1) is 18.4. The van der Waals surface area contributed by atoms with Crippen LogP contribution in [0.1, 0.15) is 24.8 Å². The Labute approximate surface area is 157 Å². The molecule has 3 heterocycles. The molecular formula is C19H23FN2O4S. The van der Waals surface area contributed by atoms with E-state index in [2.05, 4.69) is 4.98 Å². The summed E-state index contributed by atoms with van der Waals surface area (Å²) >= 11 is 0. The molecule has 1 amide bonds. The quantitative estimate of drug-likeness (QED) is 0.842. The molecule has 2 aliphatic rings. The number of sulfone groups is 1. The highest BCUT2D eigenvalue weighted by atomic mass is 32.2. The van der Waals surface area contributed by atoms with Gasteiger partial charge < -0.3 is 14.6 Å². The molecule has 6 nitrogen and oxygen atoms in total. The number of nitrogens with zero attached hydrogens (tertiary/aromatic N) is 1. The molecule has 146 valence electrons. The van der Waals surface area contributed by atoms with Gasteiger partial charge in [-0.3, -0.25) is 4.79 Å². The first-order chi connectivity index (χ1) is 12.9. The van der Waals surface area contributed by atoms with E-state index < -0.39 is 9.84 Å². The van der Waals surface area contributed by atoms with Crippen LogP contribution in [-0.4, -0.2) is 61.0 Å². The molecule has 2 aromatic rings. The summed E-state index contributed by atoms with van der Waals surface area (Å²) in [6, 6.07) is 4.12. The number of benzene rings is 1. The summed E-state index contributed by atoms with van der Waals surface area (Å²) in [5.74, 6) is -0.370. The van der Waals surface area contributed by atoms with E-state index in [1.54, 1.807) is 17.2 Å². The summed E-state index contributed by atoms with van der Waals surface area (Å²) < 4.78 is 43.1. The Hall–Kier alpha value is -1.93. The number of aromatic amines is 1. The van der Waals surface area contributed by atoms with E-state index in [-0.39, 0.29) is 41.8 Å². The molecule has 2 fully saturated rings. The second-order valence-corrected chi connectivity index (χ2v) is 9.65. The number of carbonyl (C=O) groups excluding carboxylic acids is 1. The number of H-pyrrole nitrogens is 1. The summed E-state index contributed by atoms with van der Waals surface area (Å²) in [6.07, 6.45) is 4.07. The van der Waals surface area contributed by atoms with Gasteiger partial charge >= 0.3 is 0 Å². The number of hydrogen-bond donors (Lipinski definition) is 1. The number of fused-ring (bicyclic) bond motifs is 1. The van der Waals surface area contributed by atoms with E-state index in [4.69, 9.17) is 4.74 Å². The number of nitrogens with one attached hydrogen (secondary N) is 1. The van der Waals surface area contributed by atoms with Gasteiger partial charge in [-0.1, -0.05) is 0 Å². The molecule has 0 spiro atoms. The minimum absolute atomic E-state index is 0.00791. The number of halogens is 1. The van der Waals surface area contributed by atoms with Crippen LogP contribution in [0.4, 0.5) is 4.39 Å². The fourth-order valence-electron chi connectivity index (χ4n) is 4.04. The molecule has 2 saturated heterocycles. The van der Waals surface area contributed by atoms with Gasteiger partial charge in [0.1, 0.15) is 5.82 Å². The van der Waals surface area contributed by atoms with Gasteiger partial charge in [-0.25, -0.2) is 12.8 Å². The molecule has 0 saturated carbocycles. The SMILES string of the molecule is O=C(Cc1c[nH]c2ccc(F)cc12)N(CC1CCCO1)C1CCS(=O)(=O)C1. The molecule has 0 bridgehead atoms. The topological polar surface area (TPSA) is 79.5 Å². The van der Waals surface area contributed by atoms with Crippen LogP contribution in [0.3, 0.4) is 0 Å². The average molecular weight is 394 g/mol. The number of amides is 1. The lowest BCUT2D eigenvalue weighted by molar-refractivity contribution is -0.134. The molecule has 2 atom stereocenters. The van der Waals surface area contributed by atoms with Crippen LogP contribution in [-0.2, 0) is 25.8 Å². The van der Waals surface area contributed by atoms with E-state index in [1.807, 2.05) is 0 Å². The molecule has 1 N–H and O–H groups in total. The summed E-state index contributed by atoms with van der Waals surface area (Å²) in [6.45, 7) is 1.09. The Morgan fingerprint density at radius 2 is 2.19 bits per heavy atom. The number of aromatic nitrogens is 1. The minimum atomic E-state index is -3.10. The van der Waals surface area contributed by atoms with Crippen LogP contribution >= 0.6 is 0 Å². The Balaban J connectivity index is 1.56. The van der Waals surface area contributed by atoms with Crippen LogP contribution < -0.4 is 0 Å². The Bertz CT molecular complexity index is 950. The van der Waals surface area contributed by atoms with E-state index >= 15 is 0 Å². The van der Waals surface area contributed by atoms with Gasteiger partial charge in [0.15, 0.2) is 9.84 Å². The van der Waals surface area contributed by atoms with Crippen molar-refractivity contribution < 1.29 is 22.3 Å². The Kier molecular flexibility index (Phi) is 4.94. The third-order valence-corrected chi connectivity index (χ3v) is 7.22. The maximum Gasteiger partial charge on any atom is 0.227 e. The zero-order valence-corrected chi connectivity index (χ0v) is 15.8. The van der Waals surface area contributed by atoms with Crippen molar-refractivity contribution in [3.63, 3.8) is 0 Å². The van der Waals surface area contributed by atoms with Gasteiger partial charge in [0.25, 0.3) is 0 Å². The lowest BCUT2D eigenvalue weighted by atomic mass is 10.1. The molecular weight excluding hydrogens is 371 g/mol. The summed E-state index contributed by atoms with van der Waals surface area (Å²) in [4.78, 5) is 17.8. The molecule has 2 aliphatic heterocycles. The van der Waals surface area contributed by atoms with Crippen molar-refractivity contribution in [2.24, 2.45) is 0 Å². The smallest absolute Gasteiger partial charge is 0.227 e. The predicted octanol–water partition coefficient (Wildman–Crippen LogP) is 2.04. The number of carbonyl (C=O) groups is 1. The highest BCUT2D eigenvalue weighted by Crippen LogP contribution is 2.24. The molecule has 1 aromatic carbocycles. The minimum Gasteiger partial charge on any atom is -0.376 e. The van der Waals surface area contributed by atoms with Crippen molar-refractivity contribution in [1.82, 2.24) is 9.88 Å². The summed E-state index contributed by atoms with van der Waals surface area (Å²) in [5, 5.41) is 0.680. The van der Waals surface area contributed by atoms with Gasteiger partial charge in [0, 0.05) is 36.3 Å². The normalized spacial score (nSPS) is 24.5. The van der Waals surface area contributed by atoms with Gasteiger partial charge in [0.05, 0.1) is 24.0 Å². The van der Waals surface area contributed by atoms with Gasteiger partial charge in [-0.15, -0.1) is 0 Å². The average Bonchev–Trinajstić information content (AvgIpc) is 3.34. The van der Waals surface area contributed by atoms with Gasteiger partial charge in [-0.05, 0) is 43.0 Å². The van der Waals surface area contributed by atoms with E-state index in [1.165, 1.54) is 12.1 Å². The monoisotopic (exact) mass is 394 g/mol. The highest BCUT2D eigenvalue weighted by molar-refractivity contribution is 7.91. The summed E-state index contributed by atoms with van der Waals surface area (Å²) in [5.41, 5.74) is 1.49. The van der Waals surface area contributed by atoms with Crippen molar-refractivity contribution in [2.45, 2.75) is 37.8 Å². The van der Waals surface area contributed by atoms with Crippen molar-refractivity contribution in [3.05, 3.63) is 35.8 Å². The molecule has 1 aromatic heterocycles. The number of rotatable bonds is 5. The van der Waals surface area contributed by atoms with Gasteiger partial charge in [0.2, 0.25) is 5.91 Å². The number of ether oxygens (including phenoxy) is 1. The molecule has 0 aliphatic carbocycles. The largest absolute Gasteiger partial charge is 0.376 e. The first-order valence-electron chi connectivity index (χ1n) is 9.28. The van der Waals surface area contributed by atoms with E-state index in [9.17, 15) is 17.6 Å². The van der Waals surface area contributed by atoms with E-state index in [0.29, 0.717) is 30.5 Å². The number of hydrogen-bond acceptors (Lipinski definition) is 4. The summed E-state index contributed by atoms with van der Waals surface area (Å²) in [7, 11) is -3.10. The molecule has 8 heteroatoms. The van der Waals surface area contributed by atoms with Crippen LogP contribution in [0.5, 0.6) is 0 Å². The molecule has 0 radical (unpaired) electrons. The molecule has 4 rings (SSSR count). The molecule has 2 unspecified atom stereocenters. The maximum absolute atomic E-state index is 13.6. The first-order valence-corrected chi connectivity index (χ1v) is 11.1. The lowest BCUT2D eigenvalue weighted by Gasteiger charge is -2.30. The Morgan fingerprint density at radius 3 is 2.89 bits per heavy atom. The third kappa shape index (κ3) is 4.01. The fourth-order valence-corrected chi connectivity index (χ4v) is 5.78. The van der Waals surface area contributed by atoms with Crippen molar-refractivity contribution in [3.8, 4) is 0 Å². The second kappa shape index (κ2) is 7.24. The highest BCUT2D eigenvalue weighted by Gasteiger charge is 2.36. The van der Waals surface area contributed by atoms with Gasteiger partial charge in [-0.2, -0.15) is 0 Å². The van der Waals surface area contributed by atoms with Crippen LogP contribution in [0, 0.1) is 5.82 Å². The van der Waals surface area contributed by atoms with Crippen LogP contribution in [0.2, 0.25) is 0 Å². The predicted molar refractivity (Wildman–Crippen MR) is 99.7 cm³/mol. The van der Waals surface area contributed by atoms with Crippen LogP contribution in [0.25, 0.3) is 10.9 Å². The Morgan fingerprint density at radius 1 is 1.33 bits per heavy atom. The van der Waals surface area contributed by atoms with Crippen molar-refractivity contribution in [2.75, 3.05) is 24.7 Å². The molecule has 27 heavy (non-hydrogen) atoms. The maximum atomic E-state index is 13.6. The van der Waals surface area contributed by atoms with E-state index in [0.717, 1.165) is 18.4 Å². The second-order valence-electron chi connectivity index (χ2n) is 7.42. The zero-order chi connectivity index (χ0) is 19.0. The standard InChI is InChI=1S/C19H23FN2O4S/c20-14-3-4-18-17(9-14)13(10-21-18)8-19(23)22(11-16-2-1-6-26-16)15-5-7-27(24,25)12-15/h3-4,9-10,15-16,21H,1-2,5-8,11-12H2. The van der Waals surface area contributed by atoms with Crippen LogP contribution in [0.15, 0.2) is 24.4 Å². The van der Waals surface area contributed by atoms with Crippen molar-refractivity contribution >= 4 is 26.6 Å². The van der Waals surface area contributed by atoms with Crippen molar-refractivity contribution in [1.29, 1.82) is 0 Å². The zero-order valence-electron chi connectivity index (χ0n) is 15.0. The third-order valence-electron chi connectivity index (χ3n) is 5.46. The fraction of sp³-hybridized carbons (Fsp3) is 0.526. The lowest BCUT2D eigenvalue weighted by Crippen LogP contribution is -2.45.